The van der Waals surface area contributed by atoms with Crippen LogP contribution in [0.4, 0.5) is 4.39 Å². The average Bonchev–Trinajstić information content (AvgIpc) is 1.64. The van der Waals surface area contributed by atoms with Gasteiger partial charge in [-0.1, -0.05) is 32.4 Å². The molecular weight excluding hydrogens is 139 g/mol. The second-order valence-corrected chi connectivity index (χ2v) is 3.84. The Morgan fingerprint density at radius 2 is 1.67 bits per heavy atom. The van der Waals surface area contributed by atoms with E-state index in [9.17, 15) is 4.39 Å². The van der Waals surface area contributed by atoms with Crippen LogP contribution in [0.2, 0.25) is 0 Å². The van der Waals surface area contributed by atoms with E-state index in [1.165, 1.54) is 6.92 Å². The summed E-state index contributed by atoms with van der Waals surface area (Å²) in [5, 5.41) is -1.58. The zero-order valence-corrected chi connectivity index (χ0v) is 7.22. The predicted octanol–water partition coefficient (Wildman–Crippen LogP) is 3.35. The molecule has 0 aliphatic heterocycles. The highest BCUT2D eigenvalue weighted by atomic mass is 35.5. The van der Waals surface area contributed by atoms with E-state index in [0.29, 0.717) is 0 Å². The van der Waals surface area contributed by atoms with Crippen LogP contribution in [-0.2, 0) is 0 Å². The van der Waals surface area contributed by atoms with Gasteiger partial charge in [0.1, 0.15) is 0 Å². The van der Waals surface area contributed by atoms with Gasteiger partial charge in [0, 0.05) is 5.41 Å². The standard InChI is InChI=1S/C7H14ClF/c1-5-6(2,3)7(4,8)9/h5H2,1-4H3. The van der Waals surface area contributed by atoms with E-state index >= 15 is 0 Å². The molecule has 0 aromatic heterocycles. The Bertz CT molecular complexity index is 91.6. The molecule has 0 rings (SSSR count). The maximum atomic E-state index is 12.9. The SMILES string of the molecule is CCC(C)(C)C(C)(F)Cl. The minimum Gasteiger partial charge on any atom is -0.226 e. The Kier molecular flexibility index (Phi) is 2.51. The van der Waals surface area contributed by atoms with Gasteiger partial charge in [0.05, 0.1) is 0 Å². The molecule has 0 aromatic rings. The van der Waals surface area contributed by atoms with Crippen LogP contribution in [0.1, 0.15) is 34.1 Å². The molecule has 56 valence electrons. The van der Waals surface area contributed by atoms with Crippen LogP contribution in [0, 0.1) is 5.41 Å². The number of rotatable bonds is 2. The lowest BCUT2D eigenvalue weighted by atomic mass is 9.85. The van der Waals surface area contributed by atoms with Crippen molar-refractivity contribution in [1.29, 1.82) is 0 Å². The summed E-state index contributed by atoms with van der Waals surface area (Å²) in [5.41, 5.74) is -0.422. The largest absolute Gasteiger partial charge is 0.226 e. The molecule has 0 amide bonds. The van der Waals surface area contributed by atoms with Crippen molar-refractivity contribution in [1.82, 2.24) is 0 Å². The van der Waals surface area contributed by atoms with Crippen molar-refractivity contribution in [3.05, 3.63) is 0 Å². The van der Waals surface area contributed by atoms with Gasteiger partial charge in [-0.05, 0) is 13.3 Å². The van der Waals surface area contributed by atoms with E-state index in [1.54, 1.807) is 0 Å². The predicted molar refractivity (Wildman–Crippen MR) is 39.4 cm³/mol. The van der Waals surface area contributed by atoms with Gasteiger partial charge >= 0.3 is 0 Å². The third kappa shape index (κ3) is 2.13. The van der Waals surface area contributed by atoms with Crippen molar-refractivity contribution < 1.29 is 4.39 Å². The van der Waals surface area contributed by atoms with Gasteiger partial charge in [0.15, 0.2) is 5.13 Å². The summed E-state index contributed by atoms with van der Waals surface area (Å²) in [6, 6.07) is 0. The average molecular weight is 153 g/mol. The van der Waals surface area contributed by atoms with Crippen LogP contribution in [0.3, 0.4) is 0 Å². The van der Waals surface area contributed by atoms with Crippen molar-refractivity contribution in [2.45, 2.75) is 39.2 Å². The van der Waals surface area contributed by atoms with E-state index < -0.39 is 10.5 Å². The van der Waals surface area contributed by atoms with Gasteiger partial charge in [-0.15, -0.1) is 0 Å². The molecule has 1 atom stereocenters. The van der Waals surface area contributed by atoms with Gasteiger partial charge in [-0.3, -0.25) is 0 Å². The molecule has 0 spiro atoms. The van der Waals surface area contributed by atoms with Crippen LogP contribution in [0.15, 0.2) is 0 Å². The molecule has 0 radical (unpaired) electrons. The van der Waals surface area contributed by atoms with E-state index in [0.717, 1.165) is 6.42 Å². The van der Waals surface area contributed by atoms with Crippen molar-refractivity contribution in [2.75, 3.05) is 0 Å². The molecule has 0 aliphatic carbocycles. The van der Waals surface area contributed by atoms with E-state index in [4.69, 9.17) is 11.6 Å². The maximum Gasteiger partial charge on any atom is 0.185 e. The quantitative estimate of drug-likeness (QED) is 0.533. The van der Waals surface area contributed by atoms with Crippen LogP contribution in [0.25, 0.3) is 0 Å². The fourth-order valence-corrected chi connectivity index (χ4v) is 0.444. The molecule has 1 unspecified atom stereocenters. The molecule has 0 nitrogen and oxygen atoms in total. The lowest BCUT2D eigenvalue weighted by Gasteiger charge is -2.31. The number of hydrogen-bond acceptors (Lipinski definition) is 0. The fourth-order valence-electron chi connectivity index (χ4n) is 0.310. The summed E-state index contributed by atoms with van der Waals surface area (Å²) in [7, 11) is 0. The first kappa shape index (κ1) is 9.22. The minimum atomic E-state index is -1.58. The van der Waals surface area contributed by atoms with Crippen molar-refractivity contribution in [3.63, 3.8) is 0 Å². The van der Waals surface area contributed by atoms with Gasteiger partial charge in [0.2, 0.25) is 0 Å². The second kappa shape index (κ2) is 2.45. The number of halogens is 2. The first-order chi connectivity index (χ1) is 3.81. The molecule has 0 saturated heterocycles. The summed E-state index contributed by atoms with van der Waals surface area (Å²) in [6.45, 7) is 6.97. The highest BCUT2D eigenvalue weighted by molar-refractivity contribution is 6.23. The maximum absolute atomic E-state index is 12.9. The molecule has 2 heteroatoms. The second-order valence-electron chi connectivity index (χ2n) is 3.13. The molecule has 0 bridgehead atoms. The molecule has 0 aromatic carbocycles. The third-order valence-electron chi connectivity index (χ3n) is 2.07. The van der Waals surface area contributed by atoms with Gasteiger partial charge in [-0.2, -0.15) is 0 Å². The highest BCUT2D eigenvalue weighted by Gasteiger charge is 2.37. The summed E-state index contributed by atoms with van der Waals surface area (Å²) < 4.78 is 12.9. The molecule has 0 heterocycles. The number of hydrogen-bond donors (Lipinski definition) is 0. The fraction of sp³-hybridized carbons (Fsp3) is 1.00. The smallest absolute Gasteiger partial charge is 0.185 e. The topological polar surface area (TPSA) is 0 Å². The molecule has 0 N–H and O–H groups in total. The zero-order chi connectivity index (χ0) is 7.71. The lowest BCUT2D eigenvalue weighted by Crippen LogP contribution is -2.31. The Morgan fingerprint density at radius 3 is 1.67 bits per heavy atom. The Morgan fingerprint density at radius 1 is 1.33 bits per heavy atom. The van der Waals surface area contributed by atoms with Crippen LogP contribution >= 0.6 is 11.6 Å². The zero-order valence-electron chi connectivity index (χ0n) is 6.46. The van der Waals surface area contributed by atoms with Gasteiger partial charge in [-0.25, -0.2) is 4.39 Å². The van der Waals surface area contributed by atoms with Crippen molar-refractivity contribution in [3.8, 4) is 0 Å². The summed E-state index contributed by atoms with van der Waals surface area (Å²) >= 11 is 5.46. The first-order valence-corrected chi connectivity index (χ1v) is 3.57. The Balaban J connectivity index is 4.14. The van der Waals surface area contributed by atoms with Gasteiger partial charge < -0.3 is 0 Å². The third-order valence-corrected chi connectivity index (χ3v) is 2.58. The molecule has 0 aliphatic rings. The van der Waals surface area contributed by atoms with Crippen LogP contribution in [-0.4, -0.2) is 5.13 Å². The van der Waals surface area contributed by atoms with Crippen LogP contribution < -0.4 is 0 Å². The Hall–Kier alpha value is 0.220. The minimum absolute atomic E-state index is 0.422. The molecular formula is C7H14ClF. The summed E-state index contributed by atoms with van der Waals surface area (Å²) in [4.78, 5) is 0. The van der Waals surface area contributed by atoms with E-state index in [2.05, 4.69) is 0 Å². The van der Waals surface area contributed by atoms with Crippen molar-refractivity contribution in [2.24, 2.45) is 5.41 Å². The highest BCUT2D eigenvalue weighted by Crippen LogP contribution is 2.40. The molecule has 9 heavy (non-hydrogen) atoms. The molecule has 0 fully saturated rings. The number of alkyl halides is 2. The first-order valence-electron chi connectivity index (χ1n) is 3.19. The van der Waals surface area contributed by atoms with Gasteiger partial charge in [0.25, 0.3) is 0 Å². The summed E-state index contributed by atoms with van der Waals surface area (Å²) in [5.74, 6) is 0. The Labute approximate surface area is 61.4 Å². The molecule has 0 saturated carbocycles. The lowest BCUT2D eigenvalue weighted by molar-refractivity contribution is 0.113. The van der Waals surface area contributed by atoms with Crippen molar-refractivity contribution >= 4 is 11.6 Å². The van der Waals surface area contributed by atoms with Crippen LogP contribution in [0.5, 0.6) is 0 Å². The monoisotopic (exact) mass is 152 g/mol. The van der Waals surface area contributed by atoms with E-state index in [1.807, 2.05) is 20.8 Å². The van der Waals surface area contributed by atoms with E-state index in [-0.39, 0.29) is 0 Å². The normalized spacial score (nSPS) is 19.3. The summed E-state index contributed by atoms with van der Waals surface area (Å²) in [6.07, 6.45) is 0.753.